The Labute approximate surface area is 129 Å². The third kappa shape index (κ3) is 3.74. The van der Waals surface area contributed by atoms with Gasteiger partial charge in [0.05, 0.1) is 7.05 Å². The van der Waals surface area contributed by atoms with Gasteiger partial charge in [-0.15, -0.1) is 12.4 Å². The van der Waals surface area contributed by atoms with Gasteiger partial charge >= 0.3 is 5.82 Å². The van der Waals surface area contributed by atoms with Crippen LogP contribution >= 0.6 is 12.4 Å². The van der Waals surface area contributed by atoms with Gasteiger partial charge in [-0.2, -0.15) is 0 Å². The van der Waals surface area contributed by atoms with E-state index in [2.05, 4.69) is 5.32 Å². The third-order valence-corrected chi connectivity index (χ3v) is 3.91. The highest BCUT2D eigenvalue weighted by Crippen LogP contribution is 2.19. The molecule has 0 aliphatic carbocycles. The fourth-order valence-corrected chi connectivity index (χ4v) is 2.63. The predicted molar refractivity (Wildman–Crippen MR) is 81.9 cm³/mol. The normalized spacial score (nSPS) is 18.5. The molecule has 0 bridgehead atoms. The topological polar surface area (TPSA) is 80.4 Å². The predicted octanol–water partition coefficient (Wildman–Crippen LogP) is 1.57. The number of nitrogens with one attached hydrogen (secondary N) is 1. The minimum Gasteiger partial charge on any atom is -0.358 e. The van der Waals surface area contributed by atoms with E-state index in [1.54, 1.807) is 19.0 Å². The maximum Gasteiger partial charge on any atom is 0.323 e. The summed E-state index contributed by atoms with van der Waals surface area (Å²) in [6, 6.07) is 3.08. The molecule has 1 aliphatic heterocycles. The molecule has 0 saturated carbocycles. The van der Waals surface area contributed by atoms with Crippen LogP contribution in [0.2, 0.25) is 0 Å². The maximum atomic E-state index is 12.5. The van der Waals surface area contributed by atoms with E-state index in [-0.39, 0.29) is 30.2 Å². The lowest BCUT2D eigenvalue weighted by Crippen LogP contribution is -2.38. The Kier molecular flexibility index (Phi) is 6.17. The van der Waals surface area contributed by atoms with Gasteiger partial charge in [0.1, 0.15) is 0 Å². The number of carbonyl (C=O) groups is 1. The lowest BCUT2D eigenvalue weighted by Gasteiger charge is -2.26. The monoisotopic (exact) mass is 316 g/mol. The third-order valence-electron chi connectivity index (χ3n) is 3.91. The van der Waals surface area contributed by atoms with Gasteiger partial charge in [0.2, 0.25) is 0 Å². The smallest absolute Gasteiger partial charge is 0.323 e. The zero-order chi connectivity index (χ0) is 14.7. The van der Waals surface area contributed by atoms with Gasteiger partial charge in [0.25, 0.3) is 5.91 Å². The van der Waals surface area contributed by atoms with E-state index in [4.69, 9.17) is 0 Å². The van der Waals surface area contributed by atoms with Crippen LogP contribution in [-0.4, -0.2) is 46.5 Å². The molecule has 0 aromatic carbocycles. The van der Waals surface area contributed by atoms with Crippen molar-refractivity contribution in [3.05, 3.63) is 27.9 Å². The quantitative estimate of drug-likeness (QED) is 0.678. The molecule has 1 saturated heterocycles. The minimum absolute atomic E-state index is 0. The molecule has 1 atom stereocenters. The van der Waals surface area contributed by atoms with Gasteiger partial charge in [0, 0.05) is 19.2 Å². The molecule has 1 aromatic rings. The average Bonchev–Trinajstić information content (AvgIpc) is 2.65. The molecule has 0 radical (unpaired) electrons. The molecule has 21 heavy (non-hydrogen) atoms. The van der Waals surface area contributed by atoms with Crippen molar-refractivity contribution in [2.45, 2.75) is 25.3 Å². The number of amides is 1. The highest BCUT2D eigenvalue weighted by Gasteiger charge is 2.27. The second-order valence-electron chi connectivity index (χ2n) is 5.14. The molecule has 0 spiro atoms. The van der Waals surface area contributed by atoms with Gasteiger partial charge in [-0.05, 0) is 43.3 Å². The summed E-state index contributed by atoms with van der Waals surface area (Å²) < 4.78 is 1.34. The van der Waals surface area contributed by atoms with Crippen LogP contribution in [0.3, 0.4) is 0 Å². The van der Waals surface area contributed by atoms with Crippen LogP contribution in [-0.2, 0) is 7.05 Å². The second-order valence-corrected chi connectivity index (χ2v) is 5.14. The maximum absolute atomic E-state index is 12.5. The van der Waals surface area contributed by atoms with Crippen LogP contribution in [0.5, 0.6) is 0 Å². The van der Waals surface area contributed by atoms with Crippen molar-refractivity contribution >= 4 is 24.1 Å². The molecular formula is C13H21ClN4O3. The van der Waals surface area contributed by atoms with E-state index in [9.17, 15) is 14.9 Å². The van der Waals surface area contributed by atoms with Crippen molar-refractivity contribution in [2.75, 3.05) is 20.1 Å². The van der Waals surface area contributed by atoms with Gasteiger partial charge in [-0.3, -0.25) is 4.79 Å². The molecule has 2 rings (SSSR count). The second kappa shape index (κ2) is 7.42. The fraction of sp³-hybridized carbons (Fsp3) is 0.615. The number of nitro groups is 1. The summed E-state index contributed by atoms with van der Waals surface area (Å²) in [5.74, 6) is -0.225. The number of rotatable bonds is 3. The lowest BCUT2D eigenvalue weighted by molar-refractivity contribution is -0.391. The van der Waals surface area contributed by atoms with E-state index in [0.29, 0.717) is 5.69 Å². The SMILES string of the molecule is CN(C(=O)c1ccc([N+](=O)[O-])n1C)C1CCCNCC1.Cl. The highest BCUT2D eigenvalue weighted by molar-refractivity contribution is 5.93. The lowest BCUT2D eigenvalue weighted by atomic mass is 10.1. The zero-order valence-corrected chi connectivity index (χ0v) is 13.1. The van der Waals surface area contributed by atoms with Crippen LogP contribution in [0.1, 0.15) is 29.8 Å². The Morgan fingerprint density at radius 3 is 2.76 bits per heavy atom. The van der Waals surface area contributed by atoms with E-state index < -0.39 is 4.92 Å². The van der Waals surface area contributed by atoms with Crippen LogP contribution in [0.25, 0.3) is 0 Å². The van der Waals surface area contributed by atoms with Crippen molar-refractivity contribution in [3.8, 4) is 0 Å². The van der Waals surface area contributed by atoms with Crippen molar-refractivity contribution in [1.82, 2.24) is 14.8 Å². The van der Waals surface area contributed by atoms with E-state index in [1.807, 2.05) is 0 Å². The van der Waals surface area contributed by atoms with E-state index in [0.717, 1.165) is 32.4 Å². The van der Waals surface area contributed by atoms with Crippen LogP contribution in [0.15, 0.2) is 12.1 Å². The molecule has 2 heterocycles. The number of halogens is 1. The first-order valence-electron chi connectivity index (χ1n) is 6.80. The molecule has 1 N–H and O–H groups in total. The summed E-state index contributed by atoms with van der Waals surface area (Å²) in [6.45, 7) is 1.88. The Bertz CT molecular complexity index is 510. The largest absolute Gasteiger partial charge is 0.358 e. The molecule has 118 valence electrons. The zero-order valence-electron chi connectivity index (χ0n) is 12.2. The molecule has 1 aromatic heterocycles. The first-order chi connectivity index (χ1) is 9.52. The molecular weight excluding hydrogens is 296 g/mol. The fourth-order valence-electron chi connectivity index (χ4n) is 2.63. The minimum atomic E-state index is -0.480. The summed E-state index contributed by atoms with van der Waals surface area (Å²) in [5, 5.41) is 14.1. The molecule has 1 fully saturated rings. The van der Waals surface area contributed by atoms with Gasteiger partial charge in [0.15, 0.2) is 5.69 Å². The van der Waals surface area contributed by atoms with Gasteiger partial charge < -0.3 is 20.3 Å². The first-order valence-corrected chi connectivity index (χ1v) is 6.80. The number of hydrogen-bond donors (Lipinski definition) is 1. The van der Waals surface area contributed by atoms with E-state index in [1.165, 1.54) is 16.7 Å². The van der Waals surface area contributed by atoms with Crippen molar-refractivity contribution < 1.29 is 9.72 Å². The van der Waals surface area contributed by atoms with Gasteiger partial charge in [-0.1, -0.05) is 0 Å². The summed E-state index contributed by atoms with van der Waals surface area (Å²) in [7, 11) is 3.32. The summed E-state index contributed by atoms with van der Waals surface area (Å²) >= 11 is 0. The van der Waals surface area contributed by atoms with Gasteiger partial charge in [-0.25, -0.2) is 4.57 Å². The highest BCUT2D eigenvalue weighted by atomic mass is 35.5. The Hall–Kier alpha value is -1.60. The van der Waals surface area contributed by atoms with Crippen molar-refractivity contribution in [3.63, 3.8) is 0 Å². The standard InChI is InChI=1S/C13H20N4O3.ClH/c1-15(10-4-3-8-14-9-7-10)13(18)11-5-6-12(16(11)2)17(19)20;/h5-6,10,14H,3-4,7-9H2,1-2H3;1H. The number of nitrogens with zero attached hydrogens (tertiary/aromatic N) is 3. The summed E-state index contributed by atoms with van der Waals surface area (Å²) in [6.07, 6.45) is 2.91. The number of hydrogen-bond acceptors (Lipinski definition) is 4. The molecule has 7 nitrogen and oxygen atoms in total. The molecule has 1 amide bonds. The van der Waals surface area contributed by atoms with Crippen molar-refractivity contribution in [1.29, 1.82) is 0 Å². The van der Waals surface area contributed by atoms with Crippen molar-refractivity contribution in [2.24, 2.45) is 7.05 Å². The summed E-state index contributed by atoms with van der Waals surface area (Å²) in [4.78, 5) is 24.5. The summed E-state index contributed by atoms with van der Waals surface area (Å²) in [5.41, 5.74) is 0.358. The molecule has 1 unspecified atom stereocenters. The molecule has 8 heteroatoms. The van der Waals surface area contributed by atoms with E-state index >= 15 is 0 Å². The Morgan fingerprint density at radius 2 is 2.14 bits per heavy atom. The van der Waals surface area contributed by atoms with Crippen LogP contribution in [0, 0.1) is 10.1 Å². The number of carbonyl (C=O) groups excluding carboxylic acids is 1. The van der Waals surface area contributed by atoms with Crippen LogP contribution < -0.4 is 5.32 Å². The average molecular weight is 317 g/mol. The molecule has 1 aliphatic rings. The first kappa shape index (κ1) is 17.5. The van der Waals surface area contributed by atoms with Crippen LogP contribution in [0.4, 0.5) is 5.82 Å². The number of aromatic nitrogens is 1. The Morgan fingerprint density at radius 1 is 1.43 bits per heavy atom. The Balaban J connectivity index is 0.00000220.